The summed E-state index contributed by atoms with van der Waals surface area (Å²) in [5.41, 5.74) is 0.805. The summed E-state index contributed by atoms with van der Waals surface area (Å²) in [6.45, 7) is 2.16. The molecule has 1 spiro atoms. The van der Waals surface area contributed by atoms with Crippen molar-refractivity contribution in [3.05, 3.63) is 47.5 Å². The molecule has 2 aromatic carbocycles. The number of anilines is 3. The number of likely N-dealkylation sites (tertiary alicyclic amines) is 1. The molecule has 5 rings (SSSR count). The molecule has 33 heavy (non-hydrogen) atoms. The van der Waals surface area contributed by atoms with Crippen LogP contribution in [0.25, 0.3) is 10.9 Å². The molecular weight excluding hydrogens is 449 g/mol. The number of nitrogens with one attached hydrogen (secondary N) is 1. The Morgan fingerprint density at radius 2 is 2.03 bits per heavy atom. The second-order valence-electron chi connectivity index (χ2n) is 8.43. The zero-order valence-electron chi connectivity index (χ0n) is 18.3. The van der Waals surface area contributed by atoms with Gasteiger partial charge in [-0.25, -0.2) is 19.2 Å². The zero-order chi connectivity index (χ0) is 23.2. The van der Waals surface area contributed by atoms with Crippen molar-refractivity contribution in [3.63, 3.8) is 0 Å². The average Bonchev–Trinajstić information content (AvgIpc) is 3.14. The Morgan fingerprint density at radius 1 is 1.24 bits per heavy atom. The summed E-state index contributed by atoms with van der Waals surface area (Å²) in [4.78, 5) is 25.4. The molecule has 8 nitrogen and oxygen atoms in total. The largest absolute Gasteiger partial charge is 0.494 e. The number of ether oxygens (including phenoxy) is 2. The Hall–Kier alpha value is -3.17. The number of aromatic nitrogens is 2. The molecule has 0 saturated carbocycles. The van der Waals surface area contributed by atoms with Crippen molar-refractivity contribution in [1.82, 2.24) is 14.9 Å². The molecule has 2 fully saturated rings. The maximum atomic E-state index is 14.5. The van der Waals surface area contributed by atoms with Crippen LogP contribution in [0.15, 0.2) is 36.7 Å². The lowest BCUT2D eigenvalue weighted by molar-refractivity contribution is 0.00678. The fourth-order valence-corrected chi connectivity index (χ4v) is 4.54. The van der Waals surface area contributed by atoms with Crippen molar-refractivity contribution in [3.8, 4) is 5.75 Å². The lowest BCUT2D eigenvalue weighted by Crippen LogP contribution is -2.45. The van der Waals surface area contributed by atoms with E-state index in [9.17, 15) is 9.18 Å². The van der Waals surface area contributed by atoms with Crippen molar-refractivity contribution in [1.29, 1.82) is 0 Å². The van der Waals surface area contributed by atoms with Crippen LogP contribution in [0.5, 0.6) is 5.75 Å². The van der Waals surface area contributed by atoms with Gasteiger partial charge >= 0.3 is 6.09 Å². The van der Waals surface area contributed by atoms with Crippen LogP contribution in [-0.2, 0) is 4.74 Å². The highest BCUT2D eigenvalue weighted by Gasteiger charge is 2.47. The van der Waals surface area contributed by atoms with Crippen molar-refractivity contribution in [2.75, 3.05) is 44.0 Å². The number of benzene rings is 2. The number of rotatable bonds is 4. The van der Waals surface area contributed by atoms with E-state index >= 15 is 0 Å². The summed E-state index contributed by atoms with van der Waals surface area (Å²) in [5.74, 6) is 0.293. The molecule has 2 aliphatic heterocycles. The smallest absolute Gasteiger partial charge is 0.415 e. The van der Waals surface area contributed by atoms with Gasteiger partial charge in [-0.05, 0) is 25.2 Å². The van der Waals surface area contributed by atoms with Crippen molar-refractivity contribution < 1.29 is 18.7 Å². The molecule has 10 heteroatoms. The van der Waals surface area contributed by atoms with Gasteiger partial charge in [-0.15, -0.1) is 0 Å². The number of hydrogen-bond donors (Lipinski definition) is 1. The fraction of sp³-hybridized carbons (Fsp3) is 0.348. The zero-order valence-corrected chi connectivity index (χ0v) is 19.0. The van der Waals surface area contributed by atoms with E-state index in [0.717, 1.165) is 25.9 Å². The second kappa shape index (κ2) is 8.31. The molecule has 2 aliphatic rings. The summed E-state index contributed by atoms with van der Waals surface area (Å²) in [7, 11) is 3.60. The normalized spacial score (nSPS) is 18.1. The van der Waals surface area contributed by atoms with E-state index in [2.05, 4.69) is 27.2 Å². The Kier molecular flexibility index (Phi) is 5.46. The first-order valence-electron chi connectivity index (χ1n) is 10.6. The molecule has 1 N–H and O–H groups in total. The fourth-order valence-electron chi connectivity index (χ4n) is 4.37. The Balaban J connectivity index is 1.55. The van der Waals surface area contributed by atoms with Crippen molar-refractivity contribution >= 4 is 45.8 Å². The van der Waals surface area contributed by atoms with Gasteiger partial charge in [-0.2, -0.15) is 0 Å². The third kappa shape index (κ3) is 3.91. The van der Waals surface area contributed by atoms with E-state index in [1.54, 1.807) is 36.3 Å². The summed E-state index contributed by atoms with van der Waals surface area (Å²) >= 11 is 5.92. The molecule has 1 aromatic heterocycles. The predicted molar refractivity (Wildman–Crippen MR) is 124 cm³/mol. The molecule has 3 aromatic rings. The Labute approximate surface area is 195 Å². The van der Waals surface area contributed by atoms with Crippen LogP contribution in [-0.4, -0.2) is 60.4 Å². The van der Waals surface area contributed by atoms with E-state index in [4.69, 9.17) is 21.1 Å². The van der Waals surface area contributed by atoms with Crippen LogP contribution in [0.3, 0.4) is 0 Å². The first-order valence-corrected chi connectivity index (χ1v) is 11.0. The van der Waals surface area contributed by atoms with Gasteiger partial charge < -0.3 is 19.7 Å². The molecule has 0 radical (unpaired) electrons. The minimum atomic E-state index is -0.577. The molecule has 0 unspecified atom stereocenters. The maximum Gasteiger partial charge on any atom is 0.415 e. The van der Waals surface area contributed by atoms with Gasteiger partial charge in [0, 0.05) is 37.4 Å². The highest BCUT2D eigenvalue weighted by atomic mass is 35.5. The van der Waals surface area contributed by atoms with Crippen molar-refractivity contribution in [2.45, 2.75) is 18.4 Å². The van der Waals surface area contributed by atoms with E-state index in [-0.39, 0.29) is 10.7 Å². The standard InChI is InChI=1S/C23H23ClFN5O3/c1-29-8-6-23(7-9-29)12-30(22(31)33-23)18-10-14-17(11-19(18)32-2)26-13-27-21(14)28-16-5-3-4-15(24)20(16)25/h3-5,10-11,13H,6-9,12H2,1-2H3,(H,26,27,28). The van der Waals surface area contributed by atoms with Crippen LogP contribution in [0.2, 0.25) is 5.02 Å². The monoisotopic (exact) mass is 471 g/mol. The minimum Gasteiger partial charge on any atom is -0.494 e. The lowest BCUT2D eigenvalue weighted by atomic mass is 9.91. The molecule has 172 valence electrons. The molecule has 0 bridgehead atoms. The van der Waals surface area contributed by atoms with Crippen LogP contribution in [0, 0.1) is 5.82 Å². The first kappa shape index (κ1) is 21.7. The van der Waals surface area contributed by atoms with Gasteiger partial charge in [0.05, 0.1) is 35.6 Å². The lowest BCUT2D eigenvalue weighted by Gasteiger charge is -2.35. The molecule has 1 amide bonds. The minimum absolute atomic E-state index is 0.00366. The number of carbonyl (C=O) groups is 1. The van der Waals surface area contributed by atoms with Gasteiger partial charge in [-0.1, -0.05) is 17.7 Å². The van der Waals surface area contributed by atoms with Gasteiger partial charge in [0.15, 0.2) is 5.82 Å². The number of halogens is 2. The molecule has 0 aliphatic carbocycles. The number of carbonyl (C=O) groups excluding carboxylic acids is 1. The third-order valence-electron chi connectivity index (χ3n) is 6.30. The molecular formula is C23H23ClFN5O3. The number of amides is 1. The first-order chi connectivity index (χ1) is 15.9. The topological polar surface area (TPSA) is 79.8 Å². The quantitative estimate of drug-likeness (QED) is 0.595. The van der Waals surface area contributed by atoms with Crippen LogP contribution in [0.4, 0.5) is 26.4 Å². The van der Waals surface area contributed by atoms with Crippen LogP contribution >= 0.6 is 11.6 Å². The number of fused-ring (bicyclic) bond motifs is 1. The molecule has 2 saturated heterocycles. The third-order valence-corrected chi connectivity index (χ3v) is 6.59. The van der Waals surface area contributed by atoms with Crippen LogP contribution < -0.4 is 15.0 Å². The second-order valence-corrected chi connectivity index (χ2v) is 8.84. The van der Waals surface area contributed by atoms with Gasteiger partial charge in [0.2, 0.25) is 0 Å². The van der Waals surface area contributed by atoms with E-state index in [0.29, 0.717) is 34.7 Å². The molecule has 3 heterocycles. The number of methoxy groups -OCH3 is 1. The van der Waals surface area contributed by atoms with Gasteiger partial charge in [0.25, 0.3) is 0 Å². The summed E-state index contributed by atoms with van der Waals surface area (Å²) in [5, 5.41) is 3.60. The summed E-state index contributed by atoms with van der Waals surface area (Å²) in [6, 6.07) is 8.20. The Bertz CT molecular complexity index is 1230. The van der Waals surface area contributed by atoms with Gasteiger partial charge in [-0.3, -0.25) is 4.90 Å². The Morgan fingerprint density at radius 3 is 2.79 bits per heavy atom. The summed E-state index contributed by atoms with van der Waals surface area (Å²) < 4.78 is 25.9. The summed E-state index contributed by atoms with van der Waals surface area (Å²) in [6.07, 6.45) is 2.51. The SMILES string of the molecule is COc1cc2ncnc(Nc3cccc(Cl)c3F)c2cc1N1CC2(CCN(C)CC2)OC1=O. The van der Waals surface area contributed by atoms with Gasteiger partial charge in [0.1, 0.15) is 23.5 Å². The highest BCUT2D eigenvalue weighted by molar-refractivity contribution is 6.31. The number of nitrogens with zero attached hydrogens (tertiary/aromatic N) is 4. The van der Waals surface area contributed by atoms with E-state index in [1.807, 2.05) is 0 Å². The average molecular weight is 472 g/mol. The van der Waals surface area contributed by atoms with Crippen molar-refractivity contribution in [2.24, 2.45) is 0 Å². The molecule has 0 atom stereocenters. The number of piperidine rings is 1. The highest BCUT2D eigenvalue weighted by Crippen LogP contribution is 2.41. The number of hydrogen-bond acceptors (Lipinski definition) is 7. The van der Waals surface area contributed by atoms with E-state index < -0.39 is 17.5 Å². The van der Waals surface area contributed by atoms with E-state index in [1.165, 1.54) is 12.4 Å². The maximum absolute atomic E-state index is 14.5. The van der Waals surface area contributed by atoms with Crippen LogP contribution in [0.1, 0.15) is 12.8 Å². The predicted octanol–water partition coefficient (Wildman–Crippen LogP) is 4.60.